The first kappa shape index (κ1) is 23.5. The first-order valence-corrected chi connectivity index (χ1v) is 13.8. The maximum Gasteiger partial charge on any atom is 0.201 e. The SMILES string of the molecule is CC1CC=Cc2c(c3ccccc3n2C2N=C(c3cccc(-c4ccccc4)c3)C=C(c3ccccc3)N2)C1. The Kier molecular flexibility index (Phi) is 5.97. The maximum absolute atomic E-state index is 5.37. The highest BCUT2D eigenvalue weighted by atomic mass is 15.3. The maximum atomic E-state index is 5.37. The molecule has 2 unspecified atom stereocenters. The minimum absolute atomic E-state index is 0.271. The van der Waals surface area contributed by atoms with Crippen molar-refractivity contribution in [3.05, 3.63) is 144 Å². The number of hydrogen-bond donors (Lipinski definition) is 1. The Hall–Kier alpha value is -4.63. The summed E-state index contributed by atoms with van der Waals surface area (Å²) in [5.41, 5.74) is 10.6. The average Bonchev–Trinajstić information content (AvgIpc) is 3.17. The Morgan fingerprint density at radius 1 is 0.744 bits per heavy atom. The molecule has 2 heterocycles. The lowest BCUT2D eigenvalue weighted by Crippen LogP contribution is -2.29. The quantitative estimate of drug-likeness (QED) is 0.261. The Bertz CT molecular complexity index is 1740. The molecule has 5 aromatic rings. The molecule has 190 valence electrons. The van der Waals surface area contributed by atoms with E-state index < -0.39 is 0 Å². The lowest BCUT2D eigenvalue weighted by atomic mass is 9.98. The number of nitrogens with zero attached hydrogens (tertiary/aromatic N) is 2. The fourth-order valence-electron chi connectivity index (χ4n) is 5.93. The van der Waals surface area contributed by atoms with Crippen LogP contribution in [-0.4, -0.2) is 10.3 Å². The number of allylic oxidation sites excluding steroid dienone is 2. The number of aromatic nitrogens is 1. The van der Waals surface area contributed by atoms with E-state index in [1.165, 1.54) is 33.3 Å². The fraction of sp³-hybridized carbons (Fsp3) is 0.139. The van der Waals surface area contributed by atoms with Gasteiger partial charge in [0.1, 0.15) is 0 Å². The van der Waals surface area contributed by atoms with Crippen molar-refractivity contribution >= 4 is 28.4 Å². The van der Waals surface area contributed by atoms with E-state index in [0.29, 0.717) is 5.92 Å². The van der Waals surface area contributed by atoms with E-state index in [9.17, 15) is 0 Å². The molecule has 7 rings (SSSR count). The van der Waals surface area contributed by atoms with Gasteiger partial charge < -0.3 is 9.88 Å². The normalized spacial score (nSPS) is 18.6. The molecular weight excluding hydrogens is 474 g/mol. The molecule has 4 aromatic carbocycles. The van der Waals surface area contributed by atoms with Gasteiger partial charge in [-0.1, -0.05) is 110 Å². The van der Waals surface area contributed by atoms with Crippen LogP contribution in [0.25, 0.3) is 33.8 Å². The molecular formula is C36H31N3. The van der Waals surface area contributed by atoms with Gasteiger partial charge in [-0.25, -0.2) is 4.99 Å². The van der Waals surface area contributed by atoms with Crippen LogP contribution in [0.2, 0.25) is 0 Å². The van der Waals surface area contributed by atoms with Crippen LogP contribution in [0, 0.1) is 5.92 Å². The smallest absolute Gasteiger partial charge is 0.201 e. The summed E-state index contributed by atoms with van der Waals surface area (Å²) in [4.78, 5) is 5.37. The van der Waals surface area contributed by atoms with E-state index in [0.717, 1.165) is 35.4 Å². The van der Waals surface area contributed by atoms with Crippen molar-refractivity contribution in [2.45, 2.75) is 26.1 Å². The highest BCUT2D eigenvalue weighted by Crippen LogP contribution is 2.36. The van der Waals surface area contributed by atoms with Crippen LogP contribution in [0.3, 0.4) is 0 Å². The van der Waals surface area contributed by atoms with Crippen molar-refractivity contribution in [2.24, 2.45) is 10.9 Å². The Morgan fingerprint density at radius 2 is 1.44 bits per heavy atom. The first-order valence-electron chi connectivity index (χ1n) is 13.8. The summed E-state index contributed by atoms with van der Waals surface area (Å²) in [7, 11) is 0. The number of fused-ring (bicyclic) bond motifs is 3. The molecule has 2 aliphatic rings. The summed E-state index contributed by atoms with van der Waals surface area (Å²) in [6, 6.07) is 38.6. The average molecular weight is 506 g/mol. The van der Waals surface area contributed by atoms with Crippen LogP contribution in [0.1, 0.15) is 42.0 Å². The van der Waals surface area contributed by atoms with Crippen LogP contribution in [0.15, 0.2) is 126 Å². The third-order valence-electron chi connectivity index (χ3n) is 7.85. The number of para-hydroxylation sites is 1. The molecule has 1 N–H and O–H groups in total. The highest BCUT2D eigenvalue weighted by Gasteiger charge is 2.26. The first-order chi connectivity index (χ1) is 19.2. The van der Waals surface area contributed by atoms with Gasteiger partial charge in [0, 0.05) is 22.3 Å². The lowest BCUT2D eigenvalue weighted by molar-refractivity contribution is 0.491. The summed E-state index contributed by atoms with van der Waals surface area (Å²) in [5, 5.41) is 5.12. The van der Waals surface area contributed by atoms with Crippen molar-refractivity contribution in [2.75, 3.05) is 0 Å². The molecule has 0 saturated heterocycles. The Morgan fingerprint density at radius 3 is 2.26 bits per heavy atom. The summed E-state index contributed by atoms with van der Waals surface area (Å²) in [6.07, 6.45) is 8.73. The van der Waals surface area contributed by atoms with Gasteiger partial charge in [0.2, 0.25) is 6.29 Å². The van der Waals surface area contributed by atoms with Gasteiger partial charge in [-0.3, -0.25) is 0 Å². The van der Waals surface area contributed by atoms with Crippen molar-refractivity contribution < 1.29 is 0 Å². The van der Waals surface area contributed by atoms with Crippen molar-refractivity contribution in [3.8, 4) is 11.1 Å². The van der Waals surface area contributed by atoms with Crippen LogP contribution in [-0.2, 0) is 6.42 Å². The Balaban J connectivity index is 1.41. The van der Waals surface area contributed by atoms with Gasteiger partial charge in [0.05, 0.1) is 11.2 Å². The largest absolute Gasteiger partial charge is 0.346 e. The Labute approximate surface area is 229 Å². The zero-order chi connectivity index (χ0) is 26.2. The van der Waals surface area contributed by atoms with Crippen LogP contribution >= 0.6 is 0 Å². The van der Waals surface area contributed by atoms with E-state index in [2.05, 4.69) is 144 Å². The van der Waals surface area contributed by atoms with Gasteiger partial charge in [0.25, 0.3) is 0 Å². The molecule has 1 aliphatic heterocycles. The second kappa shape index (κ2) is 9.92. The van der Waals surface area contributed by atoms with Crippen molar-refractivity contribution in [1.82, 2.24) is 9.88 Å². The number of hydrogen-bond acceptors (Lipinski definition) is 2. The molecule has 2 atom stereocenters. The van der Waals surface area contributed by atoms with Gasteiger partial charge >= 0.3 is 0 Å². The molecule has 0 amide bonds. The summed E-state index contributed by atoms with van der Waals surface area (Å²) in [6.45, 7) is 2.34. The molecule has 0 fully saturated rings. The van der Waals surface area contributed by atoms with E-state index in [1.807, 2.05) is 0 Å². The number of rotatable bonds is 4. The molecule has 3 heteroatoms. The molecule has 0 radical (unpaired) electrons. The zero-order valence-corrected chi connectivity index (χ0v) is 22.1. The summed E-state index contributed by atoms with van der Waals surface area (Å²) in [5.74, 6) is 0.612. The minimum Gasteiger partial charge on any atom is -0.346 e. The molecule has 3 nitrogen and oxygen atoms in total. The zero-order valence-electron chi connectivity index (χ0n) is 22.1. The molecule has 0 bridgehead atoms. The lowest BCUT2D eigenvalue weighted by Gasteiger charge is -2.27. The molecule has 1 aromatic heterocycles. The molecule has 0 spiro atoms. The minimum atomic E-state index is -0.271. The standard InChI is InChI=1S/C36H31N3/c1-25-12-10-21-35-31(22-25)30-19-8-9-20-34(30)39(35)36-37-32(27-15-6-3-7-16-27)24-33(38-36)29-18-11-17-28(23-29)26-13-4-2-5-14-26/h2-11,13-21,23-25,36-37H,12,22H2,1H3. The molecule has 39 heavy (non-hydrogen) atoms. The summed E-state index contributed by atoms with van der Waals surface area (Å²) < 4.78 is 2.40. The predicted molar refractivity (Wildman–Crippen MR) is 163 cm³/mol. The van der Waals surface area contributed by atoms with E-state index >= 15 is 0 Å². The third kappa shape index (κ3) is 4.40. The van der Waals surface area contributed by atoms with Crippen molar-refractivity contribution in [3.63, 3.8) is 0 Å². The molecule has 0 saturated carbocycles. The van der Waals surface area contributed by atoms with E-state index in [4.69, 9.17) is 4.99 Å². The van der Waals surface area contributed by atoms with Gasteiger partial charge in [0.15, 0.2) is 0 Å². The number of benzene rings is 4. The highest BCUT2D eigenvalue weighted by molar-refractivity contribution is 6.13. The monoisotopic (exact) mass is 505 g/mol. The van der Waals surface area contributed by atoms with Crippen LogP contribution in [0.4, 0.5) is 0 Å². The van der Waals surface area contributed by atoms with Gasteiger partial charge in [-0.2, -0.15) is 0 Å². The number of aliphatic imine (C=N–C) groups is 1. The van der Waals surface area contributed by atoms with Crippen LogP contribution in [0.5, 0.6) is 0 Å². The van der Waals surface area contributed by atoms with E-state index in [-0.39, 0.29) is 6.29 Å². The van der Waals surface area contributed by atoms with Crippen LogP contribution < -0.4 is 5.32 Å². The number of nitrogens with one attached hydrogen (secondary N) is 1. The predicted octanol–water partition coefficient (Wildman–Crippen LogP) is 8.49. The van der Waals surface area contributed by atoms with Crippen molar-refractivity contribution in [1.29, 1.82) is 0 Å². The second-order valence-corrected chi connectivity index (χ2v) is 10.6. The summed E-state index contributed by atoms with van der Waals surface area (Å²) >= 11 is 0. The topological polar surface area (TPSA) is 29.3 Å². The molecule has 1 aliphatic carbocycles. The van der Waals surface area contributed by atoms with Gasteiger partial charge in [-0.15, -0.1) is 0 Å². The third-order valence-corrected chi connectivity index (χ3v) is 7.85. The van der Waals surface area contributed by atoms with Gasteiger partial charge in [-0.05, 0) is 65.3 Å². The fourth-order valence-corrected chi connectivity index (χ4v) is 5.93. The second-order valence-electron chi connectivity index (χ2n) is 10.6. The van der Waals surface area contributed by atoms with E-state index in [1.54, 1.807) is 0 Å².